The lowest BCUT2D eigenvalue weighted by Crippen LogP contribution is -2.09. The first kappa shape index (κ1) is 8.63. The van der Waals surface area contributed by atoms with Gasteiger partial charge < -0.3 is 4.74 Å². The number of hydrogen-bond acceptors (Lipinski definition) is 1. The molecule has 64 valence electrons. The van der Waals surface area contributed by atoms with Crippen LogP contribution >= 0.6 is 0 Å². The normalized spacial score (nSPS) is 32.9. The molecule has 0 aromatic carbocycles. The molecule has 3 atom stereocenters. The van der Waals surface area contributed by atoms with Crippen LogP contribution in [0.4, 0.5) is 0 Å². The van der Waals surface area contributed by atoms with Gasteiger partial charge in [0.25, 0.3) is 0 Å². The third-order valence-electron chi connectivity index (χ3n) is 2.59. The van der Waals surface area contributed by atoms with Crippen molar-refractivity contribution >= 4 is 0 Å². The molecule has 1 rings (SSSR count). The summed E-state index contributed by atoms with van der Waals surface area (Å²) in [7, 11) is 0. The summed E-state index contributed by atoms with van der Waals surface area (Å²) >= 11 is 0. The molecule has 3 unspecified atom stereocenters. The monoisotopic (exact) mass is 154 g/mol. The Balaban J connectivity index is 2.55. The molecule has 1 aliphatic heterocycles. The number of rotatable bonds is 2. The Labute approximate surface area is 69.4 Å². The predicted molar refractivity (Wildman–Crippen MR) is 47.2 cm³/mol. The lowest BCUT2D eigenvalue weighted by molar-refractivity contribution is 0.114. The molecular formula is C10H18O. The second-order valence-electron chi connectivity index (χ2n) is 3.56. The van der Waals surface area contributed by atoms with E-state index in [1.807, 2.05) is 0 Å². The summed E-state index contributed by atoms with van der Waals surface area (Å²) in [5, 5.41) is 0. The zero-order valence-electron chi connectivity index (χ0n) is 7.92. The van der Waals surface area contributed by atoms with E-state index < -0.39 is 0 Å². The van der Waals surface area contributed by atoms with Crippen LogP contribution in [-0.4, -0.2) is 6.10 Å². The zero-order valence-corrected chi connectivity index (χ0v) is 7.92. The molecule has 0 saturated heterocycles. The van der Waals surface area contributed by atoms with Crippen molar-refractivity contribution < 1.29 is 4.74 Å². The smallest absolute Gasteiger partial charge is 0.101 e. The van der Waals surface area contributed by atoms with Gasteiger partial charge in [0, 0.05) is 11.8 Å². The molecule has 0 fully saturated rings. The fourth-order valence-corrected chi connectivity index (χ4v) is 1.24. The van der Waals surface area contributed by atoms with Crippen molar-refractivity contribution in [1.82, 2.24) is 0 Å². The van der Waals surface area contributed by atoms with Crippen LogP contribution in [0.2, 0.25) is 0 Å². The number of ether oxygens (including phenoxy) is 1. The topological polar surface area (TPSA) is 9.23 Å². The van der Waals surface area contributed by atoms with Crippen molar-refractivity contribution in [2.75, 3.05) is 0 Å². The van der Waals surface area contributed by atoms with E-state index in [0.29, 0.717) is 17.9 Å². The van der Waals surface area contributed by atoms with Crippen LogP contribution in [0.5, 0.6) is 0 Å². The Morgan fingerprint density at radius 3 is 2.55 bits per heavy atom. The van der Waals surface area contributed by atoms with Gasteiger partial charge in [-0.05, 0) is 19.4 Å². The first-order valence-corrected chi connectivity index (χ1v) is 4.53. The maximum absolute atomic E-state index is 5.69. The Morgan fingerprint density at radius 1 is 1.55 bits per heavy atom. The van der Waals surface area contributed by atoms with Crippen molar-refractivity contribution in [3.05, 3.63) is 11.8 Å². The molecule has 0 aromatic heterocycles. The van der Waals surface area contributed by atoms with Gasteiger partial charge in [0.2, 0.25) is 0 Å². The van der Waals surface area contributed by atoms with E-state index in [9.17, 15) is 0 Å². The second-order valence-corrected chi connectivity index (χ2v) is 3.56. The molecule has 0 saturated carbocycles. The minimum absolute atomic E-state index is 0.388. The van der Waals surface area contributed by atoms with Gasteiger partial charge >= 0.3 is 0 Å². The third-order valence-corrected chi connectivity index (χ3v) is 2.59. The van der Waals surface area contributed by atoms with Gasteiger partial charge in [0.15, 0.2) is 0 Å². The highest BCUT2D eigenvalue weighted by atomic mass is 16.5. The van der Waals surface area contributed by atoms with Gasteiger partial charge in [-0.25, -0.2) is 0 Å². The van der Waals surface area contributed by atoms with Crippen LogP contribution in [-0.2, 0) is 4.74 Å². The van der Waals surface area contributed by atoms with Crippen LogP contribution in [0.1, 0.15) is 34.1 Å². The van der Waals surface area contributed by atoms with Crippen LogP contribution < -0.4 is 0 Å². The van der Waals surface area contributed by atoms with Gasteiger partial charge in [-0.2, -0.15) is 0 Å². The zero-order chi connectivity index (χ0) is 8.43. The van der Waals surface area contributed by atoms with E-state index in [4.69, 9.17) is 4.74 Å². The molecule has 0 amide bonds. The van der Waals surface area contributed by atoms with Crippen molar-refractivity contribution in [2.45, 2.75) is 40.2 Å². The lowest BCUT2D eigenvalue weighted by Gasteiger charge is -2.14. The Hall–Kier alpha value is -0.460. The number of allylic oxidation sites excluding steroid dienone is 1. The summed E-state index contributed by atoms with van der Waals surface area (Å²) in [5.74, 6) is 2.40. The first-order valence-electron chi connectivity index (χ1n) is 4.53. The molecule has 0 aliphatic carbocycles. The minimum Gasteiger partial charge on any atom is -0.495 e. The highest BCUT2D eigenvalue weighted by Crippen LogP contribution is 2.28. The fraction of sp³-hybridized carbons (Fsp3) is 0.800. The summed E-state index contributed by atoms with van der Waals surface area (Å²) in [6, 6.07) is 0. The van der Waals surface area contributed by atoms with Crippen LogP contribution in [0.15, 0.2) is 11.8 Å². The van der Waals surface area contributed by atoms with Crippen LogP contribution in [0, 0.1) is 11.8 Å². The minimum atomic E-state index is 0.388. The van der Waals surface area contributed by atoms with Gasteiger partial charge in [-0.15, -0.1) is 0 Å². The summed E-state index contributed by atoms with van der Waals surface area (Å²) in [4.78, 5) is 0. The van der Waals surface area contributed by atoms with Crippen LogP contribution in [0.3, 0.4) is 0 Å². The summed E-state index contributed by atoms with van der Waals surface area (Å²) in [5.41, 5.74) is 0. The summed E-state index contributed by atoms with van der Waals surface area (Å²) in [6.45, 7) is 8.76. The van der Waals surface area contributed by atoms with Gasteiger partial charge in [0.05, 0.1) is 5.76 Å². The molecule has 0 N–H and O–H groups in total. The van der Waals surface area contributed by atoms with Gasteiger partial charge in [-0.3, -0.25) is 0 Å². The van der Waals surface area contributed by atoms with Crippen LogP contribution in [0.25, 0.3) is 0 Å². The molecule has 0 bridgehead atoms. The standard InChI is InChI=1S/C10H18O/c1-5-7(2)10-6-8(3)9(4)11-10/h6-9H,5H2,1-4H3. The van der Waals surface area contributed by atoms with Crippen molar-refractivity contribution in [1.29, 1.82) is 0 Å². The van der Waals surface area contributed by atoms with E-state index >= 15 is 0 Å². The summed E-state index contributed by atoms with van der Waals surface area (Å²) < 4.78 is 5.69. The largest absolute Gasteiger partial charge is 0.495 e. The van der Waals surface area contributed by atoms with E-state index in [2.05, 4.69) is 33.8 Å². The molecule has 1 nitrogen and oxygen atoms in total. The SMILES string of the molecule is CCC(C)C1=CC(C)C(C)O1. The molecule has 0 aromatic rings. The quantitative estimate of drug-likeness (QED) is 0.594. The maximum Gasteiger partial charge on any atom is 0.101 e. The molecule has 11 heavy (non-hydrogen) atoms. The molecule has 1 heteroatoms. The summed E-state index contributed by atoms with van der Waals surface area (Å²) in [6.07, 6.45) is 3.82. The van der Waals surface area contributed by atoms with E-state index in [1.54, 1.807) is 0 Å². The Bertz CT molecular complexity index is 160. The lowest BCUT2D eigenvalue weighted by atomic mass is 10.0. The maximum atomic E-state index is 5.69. The van der Waals surface area contributed by atoms with E-state index in [-0.39, 0.29) is 0 Å². The van der Waals surface area contributed by atoms with E-state index in [1.165, 1.54) is 12.2 Å². The van der Waals surface area contributed by atoms with Crippen molar-refractivity contribution in [2.24, 2.45) is 11.8 Å². The predicted octanol–water partition coefficient (Wildman–Crippen LogP) is 2.97. The Kier molecular flexibility index (Phi) is 2.58. The molecule has 0 radical (unpaired) electrons. The average molecular weight is 154 g/mol. The van der Waals surface area contributed by atoms with Gasteiger partial charge in [-0.1, -0.05) is 20.8 Å². The van der Waals surface area contributed by atoms with E-state index in [0.717, 1.165) is 0 Å². The third kappa shape index (κ3) is 1.76. The van der Waals surface area contributed by atoms with Crippen molar-refractivity contribution in [3.63, 3.8) is 0 Å². The molecule has 0 spiro atoms. The first-order chi connectivity index (χ1) is 5.15. The highest BCUT2D eigenvalue weighted by Gasteiger charge is 2.23. The second kappa shape index (κ2) is 3.29. The molecule has 1 heterocycles. The molecular weight excluding hydrogens is 136 g/mol. The van der Waals surface area contributed by atoms with Gasteiger partial charge in [0.1, 0.15) is 6.10 Å². The fourth-order valence-electron chi connectivity index (χ4n) is 1.24. The Morgan fingerprint density at radius 2 is 2.18 bits per heavy atom. The number of hydrogen-bond donors (Lipinski definition) is 0. The average Bonchev–Trinajstić information content (AvgIpc) is 2.31. The van der Waals surface area contributed by atoms with Crippen molar-refractivity contribution in [3.8, 4) is 0 Å². The molecule has 1 aliphatic rings. The highest BCUT2D eigenvalue weighted by molar-refractivity contribution is 5.06.